The van der Waals surface area contributed by atoms with E-state index in [2.05, 4.69) is 43.3 Å². The fourth-order valence-corrected chi connectivity index (χ4v) is 4.25. The quantitative estimate of drug-likeness (QED) is 0.826. The first-order valence-corrected chi connectivity index (χ1v) is 9.96. The molecule has 27 heavy (non-hydrogen) atoms. The van der Waals surface area contributed by atoms with E-state index in [1.165, 1.54) is 11.1 Å². The lowest BCUT2D eigenvalue weighted by molar-refractivity contribution is -0.129. The molecular formula is C24H31NO2. The molecule has 0 spiro atoms. The second-order valence-electron chi connectivity index (χ2n) is 8.20. The lowest BCUT2D eigenvalue weighted by atomic mass is 9.72. The van der Waals surface area contributed by atoms with Gasteiger partial charge in [0.05, 0.1) is 6.10 Å². The Morgan fingerprint density at radius 3 is 2.37 bits per heavy atom. The first kappa shape index (κ1) is 19.8. The van der Waals surface area contributed by atoms with Crippen LogP contribution in [0.2, 0.25) is 0 Å². The van der Waals surface area contributed by atoms with E-state index < -0.39 is 6.10 Å². The Morgan fingerprint density at radius 2 is 1.74 bits per heavy atom. The van der Waals surface area contributed by atoms with E-state index >= 15 is 0 Å². The lowest BCUT2D eigenvalue weighted by Crippen LogP contribution is -2.36. The van der Waals surface area contributed by atoms with Gasteiger partial charge in [-0.1, -0.05) is 61.5 Å². The highest BCUT2D eigenvalue weighted by Gasteiger charge is 2.36. The van der Waals surface area contributed by atoms with Crippen molar-refractivity contribution in [2.45, 2.75) is 50.7 Å². The molecule has 3 nitrogen and oxygen atoms in total. The Labute approximate surface area is 163 Å². The predicted octanol–water partition coefficient (Wildman–Crippen LogP) is 4.37. The Balaban J connectivity index is 1.71. The molecule has 1 saturated carbocycles. The third-order valence-corrected chi connectivity index (χ3v) is 5.86. The molecule has 3 heteroatoms. The summed E-state index contributed by atoms with van der Waals surface area (Å²) in [6, 6.07) is 18.7. The summed E-state index contributed by atoms with van der Waals surface area (Å²) in [6.07, 6.45) is 1.86. The zero-order chi connectivity index (χ0) is 19.4. The van der Waals surface area contributed by atoms with Gasteiger partial charge in [-0.3, -0.25) is 4.79 Å². The summed E-state index contributed by atoms with van der Waals surface area (Å²) in [5, 5.41) is 10.5. The van der Waals surface area contributed by atoms with Gasteiger partial charge in [0.2, 0.25) is 0 Å². The van der Waals surface area contributed by atoms with Crippen molar-refractivity contribution in [3.63, 3.8) is 0 Å². The highest BCUT2D eigenvalue weighted by Crippen LogP contribution is 2.39. The molecule has 2 aromatic carbocycles. The predicted molar refractivity (Wildman–Crippen MR) is 110 cm³/mol. The summed E-state index contributed by atoms with van der Waals surface area (Å²) in [5.41, 5.74) is 3.62. The highest BCUT2D eigenvalue weighted by molar-refractivity contribution is 5.88. The van der Waals surface area contributed by atoms with Crippen molar-refractivity contribution in [3.05, 3.63) is 71.3 Å². The van der Waals surface area contributed by atoms with Crippen LogP contribution < -0.4 is 0 Å². The molecule has 3 rings (SSSR count). The minimum Gasteiger partial charge on any atom is -0.392 e. The molecule has 0 saturated heterocycles. The summed E-state index contributed by atoms with van der Waals surface area (Å²) in [6.45, 7) is 2.89. The summed E-state index contributed by atoms with van der Waals surface area (Å²) < 4.78 is 0. The van der Waals surface area contributed by atoms with E-state index in [9.17, 15) is 9.90 Å². The van der Waals surface area contributed by atoms with Crippen LogP contribution in [0, 0.1) is 5.92 Å². The molecule has 1 N–H and O–H groups in total. The minimum atomic E-state index is -0.520. The molecule has 1 fully saturated rings. The molecule has 1 aliphatic rings. The molecule has 2 aromatic rings. The van der Waals surface area contributed by atoms with E-state index in [4.69, 9.17) is 0 Å². The zero-order valence-electron chi connectivity index (χ0n) is 16.6. The fourth-order valence-electron chi connectivity index (χ4n) is 4.25. The molecule has 4 atom stereocenters. The third kappa shape index (κ3) is 4.85. The van der Waals surface area contributed by atoms with Gasteiger partial charge in [0.1, 0.15) is 5.78 Å². The van der Waals surface area contributed by atoms with Crippen molar-refractivity contribution in [2.75, 3.05) is 14.1 Å². The van der Waals surface area contributed by atoms with Gasteiger partial charge in [-0.2, -0.15) is 0 Å². The van der Waals surface area contributed by atoms with Crippen molar-refractivity contribution < 1.29 is 9.90 Å². The van der Waals surface area contributed by atoms with E-state index in [1.807, 2.05) is 37.3 Å². The van der Waals surface area contributed by atoms with E-state index in [0.717, 1.165) is 24.9 Å². The Hall–Kier alpha value is -1.97. The van der Waals surface area contributed by atoms with Gasteiger partial charge in [0.15, 0.2) is 0 Å². The van der Waals surface area contributed by atoms with Crippen LogP contribution in [-0.2, 0) is 11.3 Å². The number of ketones is 1. The first-order valence-electron chi connectivity index (χ1n) is 9.96. The van der Waals surface area contributed by atoms with Crippen molar-refractivity contribution in [1.29, 1.82) is 0 Å². The molecule has 0 heterocycles. The number of aliphatic hydroxyl groups is 1. The zero-order valence-corrected chi connectivity index (χ0v) is 16.6. The second-order valence-corrected chi connectivity index (χ2v) is 8.20. The monoisotopic (exact) mass is 365 g/mol. The van der Waals surface area contributed by atoms with Gasteiger partial charge < -0.3 is 10.0 Å². The van der Waals surface area contributed by atoms with E-state index in [0.29, 0.717) is 12.3 Å². The molecule has 144 valence electrons. The van der Waals surface area contributed by atoms with Crippen LogP contribution >= 0.6 is 0 Å². The maximum absolute atomic E-state index is 13.1. The number of hydrogen-bond donors (Lipinski definition) is 1. The second kappa shape index (κ2) is 8.81. The fraction of sp³-hybridized carbons (Fsp3) is 0.458. The van der Waals surface area contributed by atoms with Crippen LogP contribution in [0.1, 0.15) is 54.7 Å². The molecule has 0 aromatic heterocycles. The summed E-state index contributed by atoms with van der Waals surface area (Å²) >= 11 is 0. The lowest BCUT2D eigenvalue weighted by Gasteiger charge is -2.34. The van der Waals surface area contributed by atoms with Crippen LogP contribution in [0.4, 0.5) is 0 Å². The number of aliphatic hydroxyl groups excluding tert-OH is 1. The van der Waals surface area contributed by atoms with Crippen LogP contribution in [0.15, 0.2) is 54.6 Å². The van der Waals surface area contributed by atoms with Gasteiger partial charge >= 0.3 is 0 Å². The SMILES string of the molecule is CC(C(=O)C1CC(c2ccc(CN(C)C)cc2)CCC1O)c1ccccc1. The number of Topliss-reactive ketones (excluding diaryl/α,β-unsaturated/α-hetero) is 1. The van der Waals surface area contributed by atoms with Gasteiger partial charge in [-0.15, -0.1) is 0 Å². The number of nitrogens with zero attached hydrogens (tertiary/aromatic N) is 1. The Bertz CT molecular complexity index is 739. The number of rotatable bonds is 6. The normalized spacial score (nSPS) is 24.0. The highest BCUT2D eigenvalue weighted by atomic mass is 16.3. The number of hydrogen-bond acceptors (Lipinski definition) is 3. The third-order valence-electron chi connectivity index (χ3n) is 5.86. The first-order chi connectivity index (χ1) is 13.0. The molecule has 1 aliphatic carbocycles. The van der Waals surface area contributed by atoms with Gasteiger partial charge in [-0.05, 0) is 56.0 Å². The average molecular weight is 366 g/mol. The number of benzene rings is 2. The van der Waals surface area contributed by atoms with Crippen molar-refractivity contribution in [1.82, 2.24) is 4.90 Å². The topological polar surface area (TPSA) is 40.5 Å². The maximum atomic E-state index is 13.1. The molecule has 0 bridgehead atoms. The van der Waals surface area contributed by atoms with E-state index in [-0.39, 0.29) is 17.6 Å². The molecule has 0 radical (unpaired) electrons. The number of carbonyl (C=O) groups is 1. The molecule has 0 aliphatic heterocycles. The van der Waals surface area contributed by atoms with Crippen molar-refractivity contribution >= 4 is 5.78 Å². The van der Waals surface area contributed by atoms with Gasteiger partial charge in [-0.25, -0.2) is 0 Å². The van der Waals surface area contributed by atoms with Crippen LogP contribution in [-0.4, -0.2) is 36.0 Å². The molecular weight excluding hydrogens is 334 g/mol. The average Bonchev–Trinajstić information content (AvgIpc) is 2.68. The van der Waals surface area contributed by atoms with Gasteiger partial charge in [0.25, 0.3) is 0 Å². The van der Waals surface area contributed by atoms with Crippen LogP contribution in [0.5, 0.6) is 0 Å². The molecule has 4 unspecified atom stereocenters. The summed E-state index contributed by atoms with van der Waals surface area (Å²) in [4.78, 5) is 15.3. The van der Waals surface area contributed by atoms with Gasteiger partial charge in [0, 0.05) is 18.4 Å². The largest absolute Gasteiger partial charge is 0.392 e. The van der Waals surface area contributed by atoms with Crippen LogP contribution in [0.25, 0.3) is 0 Å². The maximum Gasteiger partial charge on any atom is 0.145 e. The Kier molecular flexibility index (Phi) is 6.46. The van der Waals surface area contributed by atoms with Crippen LogP contribution in [0.3, 0.4) is 0 Å². The van der Waals surface area contributed by atoms with Crippen molar-refractivity contribution in [3.8, 4) is 0 Å². The summed E-state index contributed by atoms with van der Waals surface area (Å²) in [7, 11) is 4.14. The van der Waals surface area contributed by atoms with E-state index in [1.54, 1.807) is 0 Å². The van der Waals surface area contributed by atoms with Crippen molar-refractivity contribution in [2.24, 2.45) is 5.92 Å². The minimum absolute atomic E-state index is 0.169. The molecule has 0 amide bonds. The number of carbonyl (C=O) groups excluding carboxylic acids is 1. The summed E-state index contributed by atoms with van der Waals surface area (Å²) in [5.74, 6) is 0.0637. The smallest absolute Gasteiger partial charge is 0.145 e. The Morgan fingerprint density at radius 1 is 1.07 bits per heavy atom. The standard InChI is InChI=1S/C24H31NO2/c1-17(19-7-5-4-6-8-19)24(27)22-15-21(13-14-23(22)26)20-11-9-18(10-12-20)16-25(2)3/h4-12,17,21-23,26H,13-16H2,1-3H3.